The summed E-state index contributed by atoms with van der Waals surface area (Å²) in [5.41, 5.74) is 0. The lowest BCUT2D eigenvalue weighted by molar-refractivity contribution is -0.167. The molecule has 0 radical (unpaired) electrons. The number of hydrogen-bond acceptors (Lipinski definition) is 6. The van der Waals surface area contributed by atoms with E-state index in [9.17, 15) is 14.4 Å². The molecule has 81 heavy (non-hydrogen) atoms. The Morgan fingerprint density at radius 1 is 0.247 bits per heavy atom. The molecule has 0 fully saturated rings. The molecule has 0 heterocycles. The van der Waals surface area contributed by atoms with E-state index in [-0.39, 0.29) is 31.1 Å². The molecule has 0 aromatic rings. The summed E-state index contributed by atoms with van der Waals surface area (Å²) < 4.78 is 17.0. The van der Waals surface area contributed by atoms with Crippen LogP contribution in [0, 0.1) is 0 Å². The molecule has 0 rings (SSSR count). The van der Waals surface area contributed by atoms with Crippen molar-refractivity contribution in [3.63, 3.8) is 0 Å². The summed E-state index contributed by atoms with van der Waals surface area (Å²) >= 11 is 0. The first kappa shape index (κ1) is 78.4. The summed E-state index contributed by atoms with van der Waals surface area (Å²) in [4.78, 5) is 38.5. The second-order valence-corrected chi connectivity index (χ2v) is 24.5. The lowest BCUT2D eigenvalue weighted by Crippen LogP contribution is -2.30. The van der Waals surface area contributed by atoms with Gasteiger partial charge in [0.25, 0.3) is 0 Å². The van der Waals surface area contributed by atoms with Crippen molar-refractivity contribution in [3.05, 3.63) is 48.6 Å². The summed E-state index contributed by atoms with van der Waals surface area (Å²) in [7, 11) is 0. The van der Waals surface area contributed by atoms with Crippen LogP contribution in [0.4, 0.5) is 0 Å². The molecule has 1 unspecified atom stereocenters. The van der Waals surface area contributed by atoms with Crippen molar-refractivity contribution in [3.8, 4) is 0 Å². The van der Waals surface area contributed by atoms with Crippen LogP contribution in [0.15, 0.2) is 48.6 Å². The molecule has 0 saturated carbocycles. The second kappa shape index (κ2) is 69.9. The Labute approximate surface area is 505 Å². The zero-order valence-electron chi connectivity index (χ0n) is 54.6. The van der Waals surface area contributed by atoms with Crippen molar-refractivity contribution in [2.75, 3.05) is 13.2 Å². The lowest BCUT2D eigenvalue weighted by Gasteiger charge is -2.18. The second-order valence-electron chi connectivity index (χ2n) is 24.5. The smallest absolute Gasteiger partial charge is 0.306 e. The molecule has 0 bridgehead atoms. The number of carbonyl (C=O) groups is 3. The molecule has 6 nitrogen and oxygen atoms in total. The summed E-state index contributed by atoms with van der Waals surface area (Å²) in [6.07, 6.45) is 88.5. The standard InChI is InChI=1S/C75H138O6/c1-4-7-10-13-16-19-22-25-28-31-34-35-36-37-38-39-40-41-42-45-47-50-53-56-59-62-65-68-74(77)80-71-72(81-75(78)69-66-63-60-57-54-51-48-44-33-30-27-24-21-18-15-12-9-6-3)70-79-73(76)67-64-61-58-55-52-49-46-43-32-29-26-23-20-17-14-11-8-5-2/h21-22,24-25,30-31,33-34,72H,4-20,23,26-29,32,35-71H2,1-3H3/b24-21-,25-22-,33-30-,34-31-. The minimum absolute atomic E-state index is 0.0712. The van der Waals surface area contributed by atoms with Gasteiger partial charge in [-0.1, -0.05) is 339 Å². The third-order valence-corrected chi connectivity index (χ3v) is 16.3. The highest BCUT2D eigenvalue weighted by Gasteiger charge is 2.19. The first-order chi connectivity index (χ1) is 40.0. The first-order valence-electron chi connectivity index (χ1n) is 36.1. The molecule has 0 aromatic carbocycles. The van der Waals surface area contributed by atoms with Crippen molar-refractivity contribution >= 4 is 17.9 Å². The predicted octanol–water partition coefficient (Wildman–Crippen LogP) is 24.9. The third kappa shape index (κ3) is 68.0. The Hall–Kier alpha value is -2.63. The summed E-state index contributed by atoms with van der Waals surface area (Å²) in [6, 6.07) is 0. The summed E-state index contributed by atoms with van der Waals surface area (Å²) in [5.74, 6) is -0.850. The molecular weight excluding hydrogens is 997 g/mol. The molecule has 0 aliphatic rings. The largest absolute Gasteiger partial charge is 0.462 e. The summed E-state index contributed by atoms with van der Waals surface area (Å²) in [5, 5.41) is 0. The zero-order chi connectivity index (χ0) is 58.5. The van der Waals surface area contributed by atoms with Crippen molar-refractivity contribution in [1.29, 1.82) is 0 Å². The maximum atomic E-state index is 13.0. The SMILES string of the molecule is CCCCCC/C=C\C/C=C\CCCCCCCCCC(=O)OC(COC(=O)CCCCCCCCCCCCCCCCC/C=C\C/C=C\CCCCCCC)COC(=O)CCCCCCCCCCCCCCCCCCCC. The predicted molar refractivity (Wildman–Crippen MR) is 353 cm³/mol. The van der Waals surface area contributed by atoms with Crippen LogP contribution < -0.4 is 0 Å². The fraction of sp³-hybridized carbons (Fsp3) is 0.853. The molecule has 0 amide bonds. The normalized spacial score (nSPS) is 12.3. The molecule has 6 heteroatoms. The number of hydrogen-bond donors (Lipinski definition) is 0. The minimum atomic E-state index is -0.777. The fourth-order valence-corrected chi connectivity index (χ4v) is 10.9. The Morgan fingerprint density at radius 3 is 0.691 bits per heavy atom. The van der Waals surface area contributed by atoms with Crippen molar-refractivity contribution < 1.29 is 28.6 Å². The van der Waals surface area contributed by atoms with Crippen LogP contribution in [0.25, 0.3) is 0 Å². The van der Waals surface area contributed by atoms with Crippen molar-refractivity contribution in [2.45, 2.75) is 399 Å². The average Bonchev–Trinajstić information content (AvgIpc) is 3.47. The number of allylic oxidation sites excluding steroid dienone is 8. The van der Waals surface area contributed by atoms with E-state index in [0.717, 1.165) is 77.0 Å². The van der Waals surface area contributed by atoms with E-state index in [4.69, 9.17) is 14.2 Å². The monoisotopic (exact) mass is 1140 g/mol. The van der Waals surface area contributed by atoms with Gasteiger partial charge in [-0.25, -0.2) is 0 Å². The van der Waals surface area contributed by atoms with Gasteiger partial charge in [-0.15, -0.1) is 0 Å². The highest BCUT2D eigenvalue weighted by molar-refractivity contribution is 5.71. The molecule has 0 N–H and O–H groups in total. The minimum Gasteiger partial charge on any atom is -0.462 e. The van der Waals surface area contributed by atoms with Gasteiger partial charge < -0.3 is 14.2 Å². The van der Waals surface area contributed by atoms with Gasteiger partial charge in [0.1, 0.15) is 13.2 Å². The fourth-order valence-electron chi connectivity index (χ4n) is 10.9. The van der Waals surface area contributed by atoms with Crippen LogP contribution >= 0.6 is 0 Å². The van der Waals surface area contributed by atoms with E-state index in [0.29, 0.717) is 19.3 Å². The van der Waals surface area contributed by atoms with Gasteiger partial charge in [-0.3, -0.25) is 14.4 Å². The Balaban J connectivity index is 4.28. The van der Waals surface area contributed by atoms with E-state index >= 15 is 0 Å². The molecule has 0 aromatic heterocycles. The van der Waals surface area contributed by atoms with Crippen molar-refractivity contribution in [2.24, 2.45) is 0 Å². The summed E-state index contributed by atoms with van der Waals surface area (Å²) in [6.45, 7) is 6.68. The van der Waals surface area contributed by atoms with Crippen LogP contribution in [-0.2, 0) is 28.6 Å². The number of rotatable bonds is 67. The van der Waals surface area contributed by atoms with Gasteiger partial charge in [0.2, 0.25) is 0 Å². The zero-order valence-corrected chi connectivity index (χ0v) is 54.6. The molecular formula is C75H138O6. The molecule has 1 atom stereocenters. The van der Waals surface area contributed by atoms with Gasteiger partial charge >= 0.3 is 17.9 Å². The molecule has 474 valence electrons. The highest BCUT2D eigenvalue weighted by atomic mass is 16.6. The van der Waals surface area contributed by atoms with E-state index < -0.39 is 6.10 Å². The first-order valence-corrected chi connectivity index (χ1v) is 36.1. The van der Waals surface area contributed by atoms with Gasteiger partial charge in [0.05, 0.1) is 0 Å². The third-order valence-electron chi connectivity index (χ3n) is 16.3. The quantitative estimate of drug-likeness (QED) is 0.0261. The maximum Gasteiger partial charge on any atom is 0.306 e. The Kier molecular flexibility index (Phi) is 67.6. The Morgan fingerprint density at radius 2 is 0.444 bits per heavy atom. The Bertz CT molecular complexity index is 1400. The van der Waals surface area contributed by atoms with Crippen molar-refractivity contribution in [1.82, 2.24) is 0 Å². The molecule has 0 saturated heterocycles. The van der Waals surface area contributed by atoms with Crippen LogP contribution in [0.2, 0.25) is 0 Å². The lowest BCUT2D eigenvalue weighted by atomic mass is 10.0. The van der Waals surface area contributed by atoms with E-state index in [1.54, 1.807) is 0 Å². The number of carbonyl (C=O) groups excluding carboxylic acids is 3. The highest BCUT2D eigenvalue weighted by Crippen LogP contribution is 2.18. The molecule has 0 aliphatic heterocycles. The van der Waals surface area contributed by atoms with Crippen LogP contribution in [-0.4, -0.2) is 37.2 Å². The molecule has 0 spiro atoms. The van der Waals surface area contributed by atoms with E-state index in [1.165, 1.54) is 276 Å². The maximum absolute atomic E-state index is 13.0. The van der Waals surface area contributed by atoms with Gasteiger partial charge in [0.15, 0.2) is 6.10 Å². The van der Waals surface area contributed by atoms with Gasteiger partial charge in [-0.2, -0.15) is 0 Å². The van der Waals surface area contributed by atoms with Gasteiger partial charge in [-0.05, 0) is 83.5 Å². The average molecular weight is 1140 g/mol. The number of ether oxygens (including phenoxy) is 3. The van der Waals surface area contributed by atoms with Crippen LogP contribution in [0.3, 0.4) is 0 Å². The topological polar surface area (TPSA) is 78.9 Å². The van der Waals surface area contributed by atoms with E-state index in [2.05, 4.69) is 69.4 Å². The number of esters is 3. The van der Waals surface area contributed by atoms with Crippen LogP contribution in [0.1, 0.15) is 393 Å². The van der Waals surface area contributed by atoms with Gasteiger partial charge in [0, 0.05) is 19.3 Å². The molecule has 0 aliphatic carbocycles. The number of unbranched alkanes of at least 4 members (excludes halogenated alkanes) is 48. The van der Waals surface area contributed by atoms with E-state index in [1.807, 2.05) is 0 Å². The van der Waals surface area contributed by atoms with Crippen LogP contribution in [0.5, 0.6) is 0 Å².